The third kappa shape index (κ3) is 4.55. The number of ether oxygens (including phenoxy) is 1. The lowest BCUT2D eigenvalue weighted by Crippen LogP contribution is -2.27. The number of pyridine rings is 1. The fourth-order valence-electron chi connectivity index (χ4n) is 2.44. The Morgan fingerprint density at radius 2 is 1.77 bits per heavy atom. The summed E-state index contributed by atoms with van der Waals surface area (Å²) in [7, 11) is 1.59. The zero-order valence-electron chi connectivity index (χ0n) is 14.3. The number of aromatic nitrogens is 1. The molecule has 0 aliphatic rings. The molecular formula is C20H19N3O2S. The van der Waals surface area contributed by atoms with Gasteiger partial charge in [-0.2, -0.15) is 0 Å². The number of thiol groups is 1. The van der Waals surface area contributed by atoms with E-state index < -0.39 is 0 Å². The van der Waals surface area contributed by atoms with Crippen LogP contribution >= 0.6 is 12.8 Å². The first kappa shape index (κ1) is 17.8. The van der Waals surface area contributed by atoms with Crippen molar-refractivity contribution in [1.29, 1.82) is 0 Å². The van der Waals surface area contributed by atoms with Crippen molar-refractivity contribution < 1.29 is 9.53 Å². The van der Waals surface area contributed by atoms with Gasteiger partial charge in [-0.05, 0) is 42.0 Å². The van der Waals surface area contributed by atoms with Gasteiger partial charge in [0.1, 0.15) is 11.6 Å². The number of anilines is 2. The normalized spacial score (nSPS) is 10.2. The Balaban J connectivity index is 1.69. The third-order valence-corrected chi connectivity index (χ3v) is 4.16. The Kier molecular flexibility index (Phi) is 5.76. The maximum atomic E-state index is 12.4. The highest BCUT2D eigenvalue weighted by Gasteiger charge is 2.14. The van der Waals surface area contributed by atoms with E-state index in [1.165, 1.54) is 4.31 Å². The molecule has 3 rings (SSSR count). The van der Waals surface area contributed by atoms with Gasteiger partial charge >= 0.3 is 6.03 Å². The number of hydrogen-bond acceptors (Lipinski definition) is 4. The largest absolute Gasteiger partial charge is 0.497 e. The molecule has 3 aromatic rings. The van der Waals surface area contributed by atoms with Crippen LogP contribution in [0.2, 0.25) is 0 Å². The zero-order chi connectivity index (χ0) is 18.4. The number of nitrogens with one attached hydrogen (secondary N) is 1. The molecule has 5 nitrogen and oxygen atoms in total. The van der Waals surface area contributed by atoms with Crippen LogP contribution in [-0.4, -0.2) is 18.1 Å². The highest BCUT2D eigenvalue weighted by atomic mass is 32.1. The van der Waals surface area contributed by atoms with Crippen LogP contribution < -0.4 is 14.4 Å². The summed E-state index contributed by atoms with van der Waals surface area (Å²) in [6.07, 6.45) is 0.691. The molecular weight excluding hydrogens is 346 g/mol. The van der Waals surface area contributed by atoms with Crippen molar-refractivity contribution in [3.05, 3.63) is 84.1 Å². The Morgan fingerprint density at radius 1 is 1.04 bits per heavy atom. The van der Waals surface area contributed by atoms with Crippen molar-refractivity contribution in [1.82, 2.24) is 4.98 Å². The molecule has 0 atom stereocenters. The van der Waals surface area contributed by atoms with Gasteiger partial charge in [-0.1, -0.05) is 49.2 Å². The molecule has 0 radical (unpaired) electrons. The molecule has 26 heavy (non-hydrogen) atoms. The van der Waals surface area contributed by atoms with Crippen molar-refractivity contribution in [3.63, 3.8) is 0 Å². The zero-order valence-corrected chi connectivity index (χ0v) is 15.2. The predicted octanol–water partition coefficient (Wildman–Crippen LogP) is 4.56. The van der Waals surface area contributed by atoms with Crippen LogP contribution in [0, 0.1) is 0 Å². The third-order valence-electron chi connectivity index (χ3n) is 3.77. The Bertz CT molecular complexity index is 870. The van der Waals surface area contributed by atoms with E-state index in [2.05, 4.69) is 23.1 Å². The Labute approximate surface area is 158 Å². The molecule has 1 heterocycles. The maximum Gasteiger partial charge on any atom is 0.337 e. The molecule has 1 aromatic heterocycles. The highest BCUT2D eigenvalue weighted by Crippen LogP contribution is 2.19. The van der Waals surface area contributed by atoms with Crippen LogP contribution in [0.1, 0.15) is 11.3 Å². The first-order valence-corrected chi connectivity index (χ1v) is 8.49. The summed E-state index contributed by atoms with van der Waals surface area (Å²) in [5.41, 5.74) is 2.67. The monoisotopic (exact) mass is 365 g/mol. The van der Waals surface area contributed by atoms with Crippen LogP contribution in [0.5, 0.6) is 5.75 Å². The molecule has 0 saturated carbocycles. The van der Waals surface area contributed by atoms with Gasteiger partial charge in [0, 0.05) is 17.8 Å². The van der Waals surface area contributed by atoms with Crippen molar-refractivity contribution in [2.24, 2.45) is 0 Å². The number of carbonyl (C=O) groups excluding carboxylic acids is 1. The average molecular weight is 365 g/mol. The molecule has 0 spiro atoms. The van der Waals surface area contributed by atoms with Crippen molar-refractivity contribution in [2.45, 2.75) is 6.42 Å². The molecule has 0 bridgehead atoms. The second-order valence-electron chi connectivity index (χ2n) is 5.62. The maximum absolute atomic E-state index is 12.4. The Morgan fingerprint density at radius 3 is 2.46 bits per heavy atom. The molecule has 1 N–H and O–H groups in total. The number of hydrogen-bond donors (Lipinski definition) is 2. The predicted molar refractivity (Wildman–Crippen MR) is 107 cm³/mol. The van der Waals surface area contributed by atoms with Crippen molar-refractivity contribution in [3.8, 4) is 5.75 Å². The summed E-state index contributed by atoms with van der Waals surface area (Å²) in [5.74, 6) is 1.19. The standard InChI is InChI=1S/C20H19N3O2S/c1-25-18-12-10-16(11-13-18)22-20(24)23(26)19-9-5-8-17(21-19)14-15-6-3-2-4-7-15/h2-13,26H,14H2,1H3,(H,22,24). The molecule has 6 heteroatoms. The van der Waals surface area contributed by atoms with E-state index in [0.717, 1.165) is 17.0 Å². The quantitative estimate of drug-likeness (QED) is 0.652. The van der Waals surface area contributed by atoms with Gasteiger partial charge in [-0.15, -0.1) is 0 Å². The van der Waals surface area contributed by atoms with Gasteiger partial charge in [0.15, 0.2) is 0 Å². The topological polar surface area (TPSA) is 54.5 Å². The minimum absolute atomic E-state index is 0.386. The van der Waals surface area contributed by atoms with Gasteiger partial charge in [0.2, 0.25) is 0 Å². The van der Waals surface area contributed by atoms with E-state index in [4.69, 9.17) is 4.74 Å². The minimum atomic E-state index is -0.386. The summed E-state index contributed by atoms with van der Waals surface area (Å²) in [4.78, 5) is 16.9. The smallest absolute Gasteiger partial charge is 0.337 e. The fraction of sp³-hybridized carbons (Fsp3) is 0.100. The summed E-state index contributed by atoms with van der Waals surface area (Å²) < 4.78 is 6.30. The van der Waals surface area contributed by atoms with Crippen LogP contribution in [0.3, 0.4) is 0 Å². The van der Waals surface area contributed by atoms with Crippen LogP contribution in [0.15, 0.2) is 72.8 Å². The lowest BCUT2D eigenvalue weighted by molar-refractivity contribution is 0.260. The van der Waals surface area contributed by atoms with E-state index in [9.17, 15) is 4.79 Å². The number of benzene rings is 2. The molecule has 0 fully saturated rings. The number of nitrogens with zero attached hydrogens (tertiary/aromatic N) is 2. The molecule has 0 aliphatic heterocycles. The summed E-state index contributed by atoms with van der Waals surface area (Å²) >= 11 is 4.29. The van der Waals surface area contributed by atoms with Gasteiger partial charge in [-0.25, -0.2) is 14.1 Å². The Hall–Kier alpha value is -2.99. The molecule has 0 saturated heterocycles. The van der Waals surface area contributed by atoms with Crippen molar-refractivity contribution >= 4 is 30.4 Å². The lowest BCUT2D eigenvalue weighted by Gasteiger charge is -2.16. The lowest BCUT2D eigenvalue weighted by atomic mass is 10.1. The number of carbonyl (C=O) groups is 1. The van der Waals surface area contributed by atoms with E-state index >= 15 is 0 Å². The van der Waals surface area contributed by atoms with E-state index in [0.29, 0.717) is 17.9 Å². The fourth-order valence-corrected chi connectivity index (χ4v) is 2.60. The van der Waals surface area contributed by atoms with Crippen LogP contribution in [0.25, 0.3) is 0 Å². The van der Waals surface area contributed by atoms with Gasteiger partial charge in [0.05, 0.1) is 7.11 Å². The number of amides is 2. The number of rotatable bonds is 5. The molecule has 2 aromatic carbocycles. The summed E-state index contributed by atoms with van der Waals surface area (Å²) in [6.45, 7) is 0. The van der Waals surface area contributed by atoms with Crippen molar-refractivity contribution in [2.75, 3.05) is 16.7 Å². The van der Waals surface area contributed by atoms with E-state index in [1.807, 2.05) is 42.5 Å². The minimum Gasteiger partial charge on any atom is -0.497 e. The first-order chi connectivity index (χ1) is 12.7. The molecule has 0 aliphatic carbocycles. The average Bonchev–Trinajstić information content (AvgIpc) is 2.69. The van der Waals surface area contributed by atoms with E-state index in [-0.39, 0.29) is 6.03 Å². The van der Waals surface area contributed by atoms with Gasteiger partial charge < -0.3 is 10.1 Å². The first-order valence-electron chi connectivity index (χ1n) is 8.09. The second-order valence-corrected chi connectivity index (χ2v) is 6.02. The highest BCUT2D eigenvalue weighted by molar-refractivity contribution is 7.82. The molecule has 2 amide bonds. The SMILES string of the molecule is COc1ccc(NC(=O)N(S)c2cccc(Cc3ccccc3)n2)cc1. The van der Waals surface area contributed by atoms with E-state index in [1.54, 1.807) is 37.4 Å². The number of urea groups is 1. The van der Waals surface area contributed by atoms with Gasteiger partial charge in [-0.3, -0.25) is 0 Å². The number of methoxy groups -OCH3 is 1. The van der Waals surface area contributed by atoms with Crippen LogP contribution in [-0.2, 0) is 6.42 Å². The van der Waals surface area contributed by atoms with Gasteiger partial charge in [0.25, 0.3) is 0 Å². The summed E-state index contributed by atoms with van der Waals surface area (Å²) in [6, 6.07) is 22.3. The van der Waals surface area contributed by atoms with Crippen LogP contribution in [0.4, 0.5) is 16.3 Å². The molecule has 132 valence electrons. The summed E-state index contributed by atoms with van der Waals surface area (Å²) in [5, 5.41) is 2.78. The molecule has 0 unspecified atom stereocenters. The second kappa shape index (κ2) is 8.40.